The van der Waals surface area contributed by atoms with Gasteiger partial charge in [-0.05, 0) is 37.3 Å². The Kier molecular flexibility index (Phi) is 4.16. The quantitative estimate of drug-likeness (QED) is 0.782. The molecule has 21 heavy (non-hydrogen) atoms. The highest BCUT2D eigenvalue weighted by atomic mass is 16.5. The molecule has 0 aliphatic heterocycles. The lowest BCUT2D eigenvalue weighted by molar-refractivity contribution is 0.0372. The van der Waals surface area contributed by atoms with Crippen molar-refractivity contribution in [2.75, 3.05) is 6.61 Å². The summed E-state index contributed by atoms with van der Waals surface area (Å²) in [4.78, 5) is 12.2. The van der Waals surface area contributed by atoms with Gasteiger partial charge < -0.3 is 4.74 Å². The number of rotatable bonds is 4. The van der Waals surface area contributed by atoms with Crippen LogP contribution < -0.4 is 0 Å². The second-order valence-corrected chi connectivity index (χ2v) is 5.68. The van der Waals surface area contributed by atoms with Crippen LogP contribution in [0.3, 0.4) is 0 Å². The monoisotopic (exact) mass is 280 g/mol. The molecule has 1 unspecified atom stereocenters. The third-order valence-corrected chi connectivity index (χ3v) is 4.10. The summed E-state index contributed by atoms with van der Waals surface area (Å²) in [6, 6.07) is 16.1. The van der Waals surface area contributed by atoms with Crippen molar-refractivity contribution < 1.29 is 9.53 Å². The minimum absolute atomic E-state index is 0.0538. The van der Waals surface area contributed by atoms with E-state index in [1.165, 1.54) is 11.1 Å². The Balaban J connectivity index is 1.66. The van der Waals surface area contributed by atoms with E-state index in [1.807, 2.05) is 37.3 Å². The first-order valence-electron chi connectivity index (χ1n) is 7.53. The molecular weight excluding hydrogens is 260 g/mol. The van der Waals surface area contributed by atoms with E-state index in [4.69, 9.17) is 4.74 Å². The van der Waals surface area contributed by atoms with Gasteiger partial charge in [0.05, 0.1) is 6.10 Å². The maximum absolute atomic E-state index is 12.2. The first kappa shape index (κ1) is 14.0. The minimum atomic E-state index is 0.0538. The number of aryl methyl sites for hydroxylation is 2. The van der Waals surface area contributed by atoms with Gasteiger partial charge in [0.2, 0.25) is 0 Å². The molecule has 2 nitrogen and oxygen atoms in total. The van der Waals surface area contributed by atoms with Crippen molar-refractivity contribution in [3.05, 3.63) is 70.8 Å². The number of fused-ring (bicyclic) bond motifs is 1. The lowest BCUT2D eigenvalue weighted by Gasteiger charge is -2.25. The molecule has 1 aliphatic rings. The highest BCUT2D eigenvalue weighted by molar-refractivity contribution is 5.97. The van der Waals surface area contributed by atoms with Gasteiger partial charge in [-0.2, -0.15) is 0 Å². The summed E-state index contributed by atoms with van der Waals surface area (Å²) in [5.41, 5.74) is 4.50. The number of hydrogen-bond acceptors (Lipinski definition) is 2. The molecule has 2 heteroatoms. The zero-order valence-electron chi connectivity index (χ0n) is 12.3. The van der Waals surface area contributed by atoms with Gasteiger partial charge in [-0.3, -0.25) is 4.79 Å². The molecule has 1 atom stereocenters. The predicted octanol–water partition coefficient (Wildman–Crippen LogP) is 4.27. The SMILES string of the molecule is Cc1ccc(C(=O)COC2CCCc3ccccc32)cc1. The Labute approximate surface area is 125 Å². The van der Waals surface area contributed by atoms with E-state index >= 15 is 0 Å². The fourth-order valence-corrected chi connectivity index (χ4v) is 2.88. The highest BCUT2D eigenvalue weighted by Crippen LogP contribution is 2.32. The van der Waals surface area contributed by atoms with Crippen molar-refractivity contribution in [3.8, 4) is 0 Å². The molecule has 0 fully saturated rings. The Morgan fingerprint density at radius 2 is 1.90 bits per heavy atom. The van der Waals surface area contributed by atoms with E-state index < -0.39 is 0 Å². The van der Waals surface area contributed by atoms with Gasteiger partial charge in [0, 0.05) is 5.56 Å². The zero-order chi connectivity index (χ0) is 14.7. The second-order valence-electron chi connectivity index (χ2n) is 5.68. The van der Waals surface area contributed by atoms with E-state index in [0.29, 0.717) is 0 Å². The third kappa shape index (κ3) is 3.22. The summed E-state index contributed by atoms with van der Waals surface area (Å²) in [6.07, 6.45) is 3.30. The molecule has 0 radical (unpaired) electrons. The van der Waals surface area contributed by atoms with Crippen LogP contribution in [-0.4, -0.2) is 12.4 Å². The lowest BCUT2D eigenvalue weighted by Crippen LogP contribution is -2.17. The normalized spacial score (nSPS) is 17.3. The van der Waals surface area contributed by atoms with Crippen molar-refractivity contribution >= 4 is 5.78 Å². The molecule has 108 valence electrons. The molecule has 0 N–H and O–H groups in total. The lowest BCUT2D eigenvalue weighted by atomic mass is 9.89. The molecule has 3 rings (SSSR count). The van der Waals surface area contributed by atoms with Gasteiger partial charge in [0.1, 0.15) is 6.61 Å². The fourth-order valence-electron chi connectivity index (χ4n) is 2.88. The Hall–Kier alpha value is -1.93. The van der Waals surface area contributed by atoms with Crippen LogP contribution in [0.2, 0.25) is 0 Å². The van der Waals surface area contributed by atoms with Crippen LogP contribution in [0, 0.1) is 6.92 Å². The van der Waals surface area contributed by atoms with Crippen LogP contribution in [0.5, 0.6) is 0 Å². The van der Waals surface area contributed by atoms with Gasteiger partial charge in [0.25, 0.3) is 0 Å². The smallest absolute Gasteiger partial charge is 0.188 e. The summed E-state index contributed by atoms with van der Waals surface area (Å²) >= 11 is 0. The first-order valence-corrected chi connectivity index (χ1v) is 7.53. The average Bonchev–Trinajstić information content (AvgIpc) is 2.53. The van der Waals surface area contributed by atoms with E-state index in [9.17, 15) is 4.79 Å². The van der Waals surface area contributed by atoms with E-state index in [-0.39, 0.29) is 18.5 Å². The molecule has 0 saturated heterocycles. The molecule has 2 aromatic rings. The Morgan fingerprint density at radius 1 is 1.14 bits per heavy atom. The molecule has 0 bridgehead atoms. The zero-order valence-corrected chi connectivity index (χ0v) is 12.3. The molecule has 0 amide bonds. The van der Waals surface area contributed by atoms with E-state index in [1.54, 1.807) is 0 Å². The van der Waals surface area contributed by atoms with Gasteiger partial charge in [-0.1, -0.05) is 54.1 Å². The number of hydrogen-bond donors (Lipinski definition) is 0. The number of carbonyl (C=O) groups is 1. The van der Waals surface area contributed by atoms with Crippen molar-refractivity contribution in [1.82, 2.24) is 0 Å². The van der Waals surface area contributed by atoms with Gasteiger partial charge in [-0.15, -0.1) is 0 Å². The minimum Gasteiger partial charge on any atom is -0.365 e. The van der Waals surface area contributed by atoms with Crippen molar-refractivity contribution in [2.24, 2.45) is 0 Å². The summed E-state index contributed by atoms with van der Waals surface area (Å²) < 4.78 is 5.91. The number of ketones is 1. The van der Waals surface area contributed by atoms with Crippen molar-refractivity contribution in [1.29, 1.82) is 0 Å². The summed E-state index contributed by atoms with van der Waals surface area (Å²) in [7, 11) is 0. The average molecular weight is 280 g/mol. The molecule has 2 aromatic carbocycles. The molecule has 0 heterocycles. The Bertz CT molecular complexity index is 628. The first-order chi connectivity index (χ1) is 10.2. The number of benzene rings is 2. The maximum atomic E-state index is 12.2. The van der Waals surface area contributed by atoms with Crippen LogP contribution in [0.25, 0.3) is 0 Å². The van der Waals surface area contributed by atoms with Crippen LogP contribution >= 0.6 is 0 Å². The maximum Gasteiger partial charge on any atom is 0.188 e. The third-order valence-electron chi connectivity index (χ3n) is 4.10. The second kappa shape index (κ2) is 6.23. The molecule has 0 aromatic heterocycles. The van der Waals surface area contributed by atoms with Crippen LogP contribution in [0.1, 0.15) is 46.0 Å². The summed E-state index contributed by atoms with van der Waals surface area (Å²) in [5.74, 6) is 0.0538. The van der Waals surface area contributed by atoms with Gasteiger partial charge in [-0.25, -0.2) is 0 Å². The van der Waals surface area contributed by atoms with Gasteiger partial charge >= 0.3 is 0 Å². The highest BCUT2D eigenvalue weighted by Gasteiger charge is 2.21. The number of Topliss-reactive ketones (excluding diaryl/α,β-unsaturated/α-hetero) is 1. The standard InChI is InChI=1S/C19H20O2/c1-14-9-11-16(12-10-14)18(20)13-21-19-8-4-6-15-5-2-3-7-17(15)19/h2-3,5,7,9-12,19H,4,6,8,13H2,1H3. The van der Waals surface area contributed by atoms with E-state index in [2.05, 4.69) is 18.2 Å². The van der Waals surface area contributed by atoms with Crippen LogP contribution in [0.15, 0.2) is 48.5 Å². The van der Waals surface area contributed by atoms with Gasteiger partial charge in [0.15, 0.2) is 5.78 Å². The predicted molar refractivity (Wildman–Crippen MR) is 83.6 cm³/mol. The fraction of sp³-hybridized carbons (Fsp3) is 0.316. The van der Waals surface area contributed by atoms with Crippen LogP contribution in [-0.2, 0) is 11.2 Å². The van der Waals surface area contributed by atoms with Crippen molar-refractivity contribution in [2.45, 2.75) is 32.3 Å². The number of carbonyl (C=O) groups excluding carboxylic acids is 1. The largest absolute Gasteiger partial charge is 0.365 e. The molecular formula is C19H20O2. The molecule has 0 saturated carbocycles. The Morgan fingerprint density at radius 3 is 2.71 bits per heavy atom. The molecule has 0 spiro atoms. The number of ether oxygens (including phenoxy) is 1. The van der Waals surface area contributed by atoms with Crippen LogP contribution in [0.4, 0.5) is 0 Å². The summed E-state index contributed by atoms with van der Waals surface area (Å²) in [5, 5.41) is 0. The summed E-state index contributed by atoms with van der Waals surface area (Å²) in [6.45, 7) is 2.17. The van der Waals surface area contributed by atoms with E-state index in [0.717, 1.165) is 30.4 Å². The van der Waals surface area contributed by atoms with Crippen molar-refractivity contribution in [3.63, 3.8) is 0 Å². The molecule has 1 aliphatic carbocycles. The topological polar surface area (TPSA) is 26.3 Å².